The van der Waals surface area contributed by atoms with Crippen LogP contribution in [-0.2, 0) is 4.79 Å². The van der Waals surface area contributed by atoms with Gasteiger partial charge in [0.05, 0.1) is 10.7 Å². The second kappa shape index (κ2) is 6.45. The summed E-state index contributed by atoms with van der Waals surface area (Å²) in [6.07, 6.45) is 0. The molecule has 0 bridgehead atoms. The zero-order chi connectivity index (χ0) is 15.4. The summed E-state index contributed by atoms with van der Waals surface area (Å²) in [6, 6.07) is 9.16. The van der Waals surface area contributed by atoms with E-state index in [9.17, 15) is 9.18 Å². The van der Waals surface area contributed by atoms with Crippen molar-refractivity contribution in [2.75, 3.05) is 17.7 Å². The fourth-order valence-electron chi connectivity index (χ4n) is 1.68. The number of nitrogens with one attached hydrogen (secondary N) is 1. The molecule has 0 unspecified atom stereocenters. The number of aryl methyl sites for hydroxylation is 1. The van der Waals surface area contributed by atoms with E-state index in [0.717, 1.165) is 5.56 Å². The number of hydrogen-bond acceptors (Lipinski definition) is 3. The standard InChI is InChI=1S/C15H14ClFN2O2/c1-9-2-4-12(17)14(6-9)21-8-15(20)19-13-5-3-10(18)7-11(13)16/h2-7H,8,18H2,1H3,(H,19,20). The van der Waals surface area contributed by atoms with Crippen LogP contribution in [0.15, 0.2) is 36.4 Å². The van der Waals surface area contributed by atoms with Gasteiger partial charge in [-0.15, -0.1) is 0 Å². The monoisotopic (exact) mass is 308 g/mol. The van der Waals surface area contributed by atoms with Crippen molar-refractivity contribution in [3.8, 4) is 5.75 Å². The molecule has 3 N–H and O–H groups in total. The fraction of sp³-hybridized carbons (Fsp3) is 0.133. The van der Waals surface area contributed by atoms with Crippen LogP contribution in [0.4, 0.5) is 15.8 Å². The van der Waals surface area contributed by atoms with Crippen molar-refractivity contribution in [2.45, 2.75) is 6.92 Å². The predicted octanol–water partition coefficient (Wildman–Crippen LogP) is 3.39. The van der Waals surface area contributed by atoms with Crippen molar-refractivity contribution in [1.82, 2.24) is 0 Å². The van der Waals surface area contributed by atoms with Crippen LogP contribution in [0.3, 0.4) is 0 Å². The Balaban J connectivity index is 1.97. The van der Waals surface area contributed by atoms with E-state index in [4.69, 9.17) is 22.1 Å². The van der Waals surface area contributed by atoms with Gasteiger partial charge in [0.25, 0.3) is 5.91 Å². The predicted molar refractivity (Wildman–Crippen MR) is 81.1 cm³/mol. The van der Waals surface area contributed by atoms with Gasteiger partial charge in [-0.1, -0.05) is 17.7 Å². The number of nitrogen functional groups attached to an aromatic ring is 1. The molecule has 4 nitrogen and oxygen atoms in total. The molecule has 0 aromatic heterocycles. The number of benzene rings is 2. The third-order valence-electron chi connectivity index (χ3n) is 2.71. The average Bonchev–Trinajstić information content (AvgIpc) is 2.43. The molecule has 2 aromatic carbocycles. The first-order valence-electron chi connectivity index (χ1n) is 6.19. The smallest absolute Gasteiger partial charge is 0.262 e. The maximum absolute atomic E-state index is 13.5. The minimum absolute atomic E-state index is 0.0357. The number of ether oxygens (including phenoxy) is 1. The molecule has 0 spiro atoms. The van der Waals surface area contributed by atoms with Gasteiger partial charge in [-0.25, -0.2) is 4.39 Å². The van der Waals surface area contributed by atoms with Gasteiger partial charge in [0.1, 0.15) is 0 Å². The zero-order valence-electron chi connectivity index (χ0n) is 11.3. The van der Waals surface area contributed by atoms with Crippen LogP contribution in [-0.4, -0.2) is 12.5 Å². The summed E-state index contributed by atoms with van der Waals surface area (Å²) in [6.45, 7) is 1.49. The van der Waals surface area contributed by atoms with E-state index in [-0.39, 0.29) is 12.4 Å². The molecule has 21 heavy (non-hydrogen) atoms. The molecule has 0 heterocycles. The first-order chi connectivity index (χ1) is 9.95. The van der Waals surface area contributed by atoms with Crippen molar-refractivity contribution >= 4 is 28.9 Å². The van der Waals surface area contributed by atoms with E-state index in [1.54, 1.807) is 25.1 Å². The van der Waals surface area contributed by atoms with E-state index in [1.165, 1.54) is 18.2 Å². The van der Waals surface area contributed by atoms with Crippen LogP contribution >= 0.6 is 11.6 Å². The second-order valence-electron chi connectivity index (χ2n) is 4.51. The lowest BCUT2D eigenvalue weighted by Gasteiger charge is -2.10. The molecule has 0 aliphatic rings. The summed E-state index contributed by atoms with van der Waals surface area (Å²) in [4.78, 5) is 11.8. The lowest BCUT2D eigenvalue weighted by Crippen LogP contribution is -2.20. The van der Waals surface area contributed by atoms with E-state index >= 15 is 0 Å². The topological polar surface area (TPSA) is 64.3 Å². The fourth-order valence-corrected chi connectivity index (χ4v) is 1.92. The van der Waals surface area contributed by atoms with Crippen LogP contribution in [0, 0.1) is 12.7 Å². The highest BCUT2D eigenvalue weighted by Gasteiger charge is 2.09. The van der Waals surface area contributed by atoms with Gasteiger partial charge in [-0.05, 0) is 42.8 Å². The largest absolute Gasteiger partial charge is 0.481 e. The SMILES string of the molecule is Cc1ccc(F)c(OCC(=O)Nc2ccc(N)cc2Cl)c1. The first kappa shape index (κ1) is 15.1. The summed E-state index contributed by atoms with van der Waals surface area (Å²) in [7, 11) is 0. The highest BCUT2D eigenvalue weighted by atomic mass is 35.5. The Bertz CT molecular complexity index is 677. The number of hydrogen-bond donors (Lipinski definition) is 2. The van der Waals surface area contributed by atoms with Gasteiger partial charge in [-0.2, -0.15) is 0 Å². The molecule has 0 radical (unpaired) electrons. The second-order valence-corrected chi connectivity index (χ2v) is 4.92. The Morgan fingerprint density at radius 2 is 2.10 bits per heavy atom. The van der Waals surface area contributed by atoms with Gasteiger partial charge >= 0.3 is 0 Å². The first-order valence-corrected chi connectivity index (χ1v) is 6.57. The molecule has 2 rings (SSSR count). The maximum Gasteiger partial charge on any atom is 0.262 e. The number of halogens is 2. The molecular formula is C15H14ClFN2O2. The Kier molecular flexibility index (Phi) is 4.65. The van der Waals surface area contributed by atoms with Crippen molar-refractivity contribution in [1.29, 1.82) is 0 Å². The molecule has 0 fully saturated rings. The third-order valence-corrected chi connectivity index (χ3v) is 3.03. The molecule has 0 saturated heterocycles. The molecular weight excluding hydrogens is 295 g/mol. The van der Waals surface area contributed by atoms with Gasteiger partial charge in [0.15, 0.2) is 18.2 Å². The number of anilines is 2. The molecule has 0 aliphatic carbocycles. The lowest BCUT2D eigenvalue weighted by atomic mass is 10.2. The van der Waals surface area contributed by atoms with Crippen molar-refractivity contribution < 1.29 is 13.9 Å². The van der Waals surface area contributed by atoms with Crippen LogP contribution < -0.4 is 15.8 Å². The Hall–Kier alpha value is -2.27. The highest BCUT2D eigenvalue weighted by Crippen LogP contribution is 2.24. The van der Waals surface area contributed by atoms with Crippen molar-refractivity contribution in [3.05, 3.63) is 52.8 Å². The summed E-state index contributed by atoms with van der Waals surface area (Å²) >= 11 is 5.94. The quantitative estimate of drug-likeness (QED) is 0.851. The zero-order valence-corrected chi connectivity index (χ0v) is 12.1. The summed E-state index contributed by atoms with van der Waals surface area (Å²) in [5, 5.41) is 2.89. The number of amides is 1. The third kappa shape index (κ3) is 4.10. The van der Waals surface area contributed by atoms with Gasteiger partial charge in [0, 0.05) is 5.69 Å². The minimum Gasteiger partial charge on any atom is -0.481 e. The lowest BCUT2D eigenvalue weighted by molar-refractivity contribution is -0.118. The number of carbonyl (C=O) groups is 1. The highest BCUT2D eigenvalue weighted by molar-refractivity contribution is 6.34. The Morgan fingerprint density at radius 1 is 1.33 bits per heavy atom. The molecule has 6 heteroatoms. The minimum atomic E-state index is -0.515. The van der Waals surface area contributed by atoms with Crippen LogP contribution in [0.2, 0.25) is 5.02 Å². The number of rotatable bonds is 4. The van der Waals surface area contributed by atoms with Crippen LogP contribution in [0.25, 0.3) is 0 Å². The summed E-state index contributed by atoms with van der Waals surface area (Å²) in [5.41, 5.74) is 7.32. The molecule has 0 atom stereocenters. The molecule has 110 valence electrons. The average molecular weight is 309 g/mol. The molecule has 1 amide bonds. The normalized spacial score (nSPS) is 10.2. The van der Waals surface area contributed by atoms with Gasteiger partial charge in [0.2, 0.25) is 0 Å². The molecule has 0 aliphatic heterocycles. The number of nitrogens with two attached hydrogens (primary N) is 1. The van der Waals surface area contributed by atoms with E-state index in [2.05, 4.69) is 5.32 Å². The van der Waals surface area contributed by atoms with E-state index in [1.807, 2.05) is 0 Å². The number of carbonyl (C=O) groups excluding carboxylic acids is 1. The molecule has 0 saturated carbocycles. The summed E-state index contributed by atoms with van der Waals surface area (Å²) in [5.74, 6) is -0.921. The summed E-state index contributed by atoms with van der Waals surface area (Å²) < 4.78 is 18.6. The molecule has 2 aromatic rings. The van der Waals surface area contributed by atoms with Crippen molar-refractivity contribution in [2.24, 2.45) is 0 Å². The van der Waals surface area contributed by atoms with E-state index < -0.39 is 11.7 Å². The van der Waals surface area contributed by atoms with Crippen LogP contribution in [0.1, 0.15) is 5.56 Å². The Morgan fingerprint density at radius 3 is 2.81 bits per heavy atom. The van der Waals surface area contributed by atoms with Crippen molar-refractivity contribution in [3.63, 3.8) is 0 Å². The van der Waals surface area contributed by atoms with Gasteiger partial charge < -0.3 is 15.8 Å². The van der Waals surface area contributed by atoms with Gasteiger partial charge in [-0.3, -0.25) is 4.79 Å². The van der Waals surface area contributed by atoms with Crippen LogP contribution in [0.5, 0.6) is 5.75 Å². The van der Waals surface area contributed by atoms with E-state index in [0.29, 0.717) is 16.4 Å². The Labute approximate surface area is 126 Å². The maximum atomic E-state index is 13.5.